The van der Waals surface area contributed by atoms with Gasteiger partial charge in [-0.1, -0.05) is 0 Å². The lowest BCUT2D eigenvalue weighted by atomic mass is 10.7. The minimum absolute atomic E-state index is 0.309. The van der Waals surface area contributed by atoms with Gasteiger partial charge in [0.05, 0.1) is 0 Å². The summed E-state index contributed by atoms with van der Waals surface area (Å²) in [5.41, 5.74) is 4.78. The Morgan fingerprint density at radius 3 is 2.22 bits per heavy atom. The molecule has 0 aromatic heterocycles. The highest BCUT2D eigenvalue weighted by molar-refractivity contribution is 7.84. The normalized spacial score (nSPS) is 15.4. The average molecular weight is 156 g/mol. The zero-order valence-corrected chi connectivity index (χ0v) is 5.34. The van der Waals surface area contributed by atoms with Gasteiger partial charge < -0.3 is 10.8 Å². The van der Waals surface area contributed by atoms with Gasteiger partial charge in [0.2, 0.25) is 0 Å². The Morgan fingerprint density at radius 1 is 1.67 bits per heavy atom. The Kier molecular flexibility index (Phi) is 3.01. The van der Waals surface area contributed by atoms with Crippen LogP contribution < -0.4 is 10.9 Å². The SMILES string of the molecule is NCC(O)OS(N)(=O)=O. The van der Waals surface area contributed by atoms with E-state index in [2.05, 4.69) is 9.32 Å². The second-order valence-electron chi connectivity index (χ2n) is 1.28. The second kappa shape index (κ2) is 3.08. The summed E-state index contributed by atoms with van der Waals surface area (Å²) in [6.45, 7) is -0.309. The van der Waals surface area contributed by atoms with Crippen LogP contribution in [-0.2, 0) is 14.5 Å². The van der Waals surface area contributed by atoms with Crippen molar-refractivity contribution in [3.05, 3.63) is 0 Å². The lowest BCUT2D eigenvalue weighted by molar-refractivity contribution is -0.00299. The van der Waals surface area contributed by atoms with Crippen molar-refractivity contribution in [3.8, 4) is 0 Å². The van der Waals surface area contributed by atoms with Crippen LogP contribution in [-0.4, -0.2) is 26.4 Å². The Bertz CT molecular complexity index is 163. The van der Waals surface area contributed by atoms with Gasteiger partial charge in [0.25, 0.3) is 0 Å². The van der Waals surface area contributed by atoms with Gasteiger partial charge in [-0.3, -0.25) is 0 Å². The van der Waals surface area contributed by atoms with E-state index in [1.54, 1.807) is 0 Å². The molecule has 0 fully saturated rings. The van der Waals surface area contributed by atoms with Crippen LogP contribution in [0, 0.1) is 0 Å². The van der Waals surface area contributed by atoms with E-state index in [1.807, 2.05) is 0 Å². The van der Waals surface area contributed by atoms with Gasteiger partial charge in [-0.05, 0) is 0 Å². The maximum Gasteiger partial charge on any atom is 0.335 e. The number of aliphatic hydroxyl groups excluding tert-OH is 1. The first kappa shape index (κ1) is 8.79. The summed E-state index contributed by atoms with van der Waals surface area (Å²) in [6, 6.07) is 0. The average Bonchev–Trinajstić information content (AvgIpc) is 1.62. The Morgan fingerprint density at radius 2 is 2.11 bits per heavy atom. The van der Waals surface area contributed by atoms with Crippen LogP contribution in [0.1, 0.15) is 0 Å². The molecule has 1 atom stereocenters. The van der Waals surface area contributed by atoms with Gasteiger partial charge in [0.15, 0.2) is 6.29 Å². The first-order valence-corrected chi connectivity index (χ1v) is 3.52. The molecular formula is C2H8N2O4S. The van der Waals surface area contributed by atoms with Crippen LogP contribution in [0.4, 0.5) is 0 Å². The molecule has 5 N–H and O–H groups in total. The minimum Gasteiger partial charge on any atom is -0.366 e. The fourth-order valence-electron chi connectivity index (χ4n) is 0.194. The van der Waals surface area contributed by atoms with E-state index in [0.717, 1.165) is 0 Å². The molecule has 0 amide bonds. The maximum atomic E-state index is 9.94. The number of hydrogen-bond acceptors (Lipinski definition) is 5. The van der Waals surface area contributed by atoms with Gasteiger partial charge in [0, 0.05) is 6.54 Å². The van der Waals surface area contributed by atoms with Gasteiger partial charge in [0.1, 0.15) is 0 Å². The molecule has 6 nitrogen and oxygen atoms in total. The van der Waals surface area contributed by atoms with Crippen LogP contribution in [0.5, 0.6) is 0 Å². The summed E-state index contributed by atoms with van der Waals surface area (Å²) in [7, 11) is -4.07. The number of nitrogens with two attached hydrogens (primary N) is 2. The molecule has 1 unspecified atom stereocenters. The summed E-state index contributed by atoms with van der Waals surface area (Å²) in [6.07, 6.45) is -1.54. The topological polar surface area (TPSA) is 116 Å². The highest BCUT2D eigenvalue weighted by atomic mass is 32.2. The quantitative estimate of drug-likeness (QED) is 0.390. The van der Waals surface area contributed by atoms with Crippen LogP contribution in [0.2, 0.25) is 0 Å². The molecule has 0 aliphatic rings. The summed E-state index contributed by atoms with van der Waals surface area (Å²) in [5, 5.41) is 12.7. The van der Waals surface area contributed by atoms with E-state index in [4.69, 9.17) is 10.8 Å². The summed E-state index contributed by atoms with van der Waals surface area (Å²) in [5.74, 6) is 0. The molecule has 0 bridgehead atoms. The van der Waals surface area contributed by atoms with Crippen LogP contribution in [0.3, 0.4) is 0 Å². The zero-order valence-electron chi connectivity index (χ0n) is 4.52. The van der Waals surface area contributed by atoms with Gasteiger partial charge in [-0.25, -0.2) is 9.32 Å². The smallest absolute Gasteiger partial charge is 0.335 e. The number of rotatable bonds is 3. The fraction of sp³-hybridized carbons (Fsp3) is 1.00. The zero-order chi connectivity index (χ0) is 7.49. The summed E-state index contributed by atoms with van der Waals surface area (Å²) < 4.78 is 23.6. The van der Waals surface area contributed by atoms with Crippen molar-refractivity contribution in [2.75, 3.05) is 6.54 Å². The predicted octanol–water partition coefficient (Wildman–Crippen LogP) is -2.52. The van der Waals surface area contributed by atoms with Crippen molar-refractivity contribution in [2.45, 2.75) is 6.29 Å². The standard InChI is InChI=1S/C2H8N2O4S/c3-1-2(5)8-9(4,6)7/h2,5H,1,3H2,(H2,4,6,7). The van der Waals surface area contributed by atoms with Crippen molar-refractivity contribution in [1.29, 1.82) is 0 Å². The summed E-state index contributed by atoms with van der Waals surface area (Å²) in [4.78, 5) is 0. The van der Waals surface area contributed by atoms with E-state index in [0.29, 0.717) is 0 Å². The van der Waals surface area contributed by atoms with Crippen LogP contribution >= 0.6 is 0 Å². The summed E-state index contributed by atoms with van der Waals surface area (Å²) >= 11 is 0. The first-order valence-electron chi connectivity index (χ1n) is 2.05. The van der Waals surface area contributed by atoms with Crippen molar-refractivity contribution in [3.63, 3.8) is 0 Å². The fourth-order valence-corrected chi connectivity index (χ4v) is 0.582. The molecule has 56 valence electrons. The van der Waals surface area contributed by atoms with Crippen LogP contribution in [0.15, 0.2) is 0 Å². The predicted molar refractivity (Wildman–Crippen MR) is 29.3 cm³/mol. The van der Waals surface area contributed by atoms with E-state index in [9.17, 15) is 8.42 Å². The van der Waals surface area contributed by atoms with Crippen molar-refractivity contribution >= 4 is 10.3 Å². The van der Waals surface area contributed by atoms with Gasteiger partial charge >= 0.3 is 10.3 Å². The van der Waals surface area contributed by atoms with E-state index in [1.165, 1.54) is 0 Å². The van der Waals surface area contributed by atoms with Gasteiger partial charge in [-0.15, -0.1) is 0 Å². The molecule has 9 heavy (non-hydrogen) atoms. The second-order valence-corrected chi connectivity index (χ2v) is 2.46. The first-order chi connectivity index (χ1) is 3.95. The molecule has 0 spiro atoms. The molecule has 0 aliphatic heterocycles. The molecule has 0 heterocycles. The molecule has 0 aromatic carbocycles. The number of hydrogen-bond donors (Lipinski definition) is 3. The monoisotopic (exact) mass is 156 g/mol. The van der Waals surface area contributed by atoms with Crippen LogP contribution in [0.25, 0.3) is 0 Å². The highest BCUT2D eigenvalue weighted by Gasteiger charge is 2.08. The maximum absolute atomic E-state index is 9.94. The van der Waals surface area contributed by atoms with Crippen molar-refractivity contribution < 1.29 is 17.7 Å². The lowest BCUT2D eigenvalue weighted by Gasteiger charge is -2.04. The Labute approximate surface area is 52.7 Å². The molecular weight excluding hydrogens is 148 g/mol. The van der Waals surface area contributed by atoms with E-state index >= 15 is 0 Å². The number of aliphatic hydroxyl groups is 1. The molecule has 0 saturated heterocycles. The highest BCUT2D eigenvalue weighted by Crippen LogP contribution is 1.86. The van der Waals surface area contributed by atoms with E-state index in [-0.39, 0.29) is 6.54 Å². The Hall–Kier alpha value is -0.210. The van der Waals surface area contributed by atoms with Crippen molar-refractivity contribution in [2.24, 2.45) is 10.9 Å². The third-order valence-corrected chi connectivity index (χ3v) is 0.937. The third-order valence-electron chi connectivity index (χ3n) is 0.447. The van der Waals surface area contributed by atoms with Gasteiger partial charge in [-0.2, -0.15) is 8.42 Å². The molecule has 0 rings (SSSR count). The molecule has 0 radical (unpaired) electrons. The third kappa shape index (κ3) is 5.66. The minimum atomic E-state index is -4.07. The Balaban J connectivity index is 3.75. The molecule has 0 aromatic rings. The van der Waals surface area contributed by atoms with Crippen molar-refractivity contribution in [1.82, 2.24) is 0 Å². The van der Waals surface area contributed by atoms with E-state index < -0.39 is 16.6 Å². The molecule has 7 heteroatoms. The largest absolute Gasteiger partial charge is 0.366 e. The molecule has 0 saturated carbocycles. The lowest BCUT2D eigenvalue weighted by Crippen LogP contribution is -2.29. The molecule has 0 aliphatic carbocycles.